The summed E-state index contributed by atoms with van der Waals surface area (Å²) in [6.07, 6.45) is 3.80. The Kier molecular flexibility index (Phi) is 7.97. The van der Waals surface area contributed by atoms with E-state index in [2.05, 4.69) is 21.5 Å². The number of benzene rings is 1. The fourth-order valence-corrected chi connectivity index (χ4v) is 6.58. The first-order chi connectivity index (χ1) is 20.4. The van der Waals surface area contributed by atoms with Crippen LogP contribution in [0.2, 0.25) is 5.02 Å². The number of carbonyl (C=O) groups excluding carboxylic acids is 1. The maximum absolute atomic E-state index is 15.1. The molecule has 5 rings (SSSR count). The Balaban J connectivity index is 1.84. The van der Waals surface area contributed by atoms with Gasteiger partial charge in [0.05, 0.1) is 43.7 Å². The number of amides is 1. The first-order valence-corrected chi connectivity index (χ1v) is 15.3. The van der Waals surface area contributed by atoms with E-state index in [0.29, 0.717) is 25.0 Å². The van der Waals surface area contributed by atoms with E-state index >= 15 is 4.39 Å². The summed E-state index contributed by atoms with van der Waals surface area (Å²) in [5.74, 6) is -0.667. The number of aromatic nitrogens is 4. The molecule has 0 unspecified atom stereocenters. The van der Waals surface area contributed by atoms with Crippen LogP contribution in [0.25, 0.3) is 28.0 Å². The van der Waals surface area contributed by atoms with Crippen LogP contribution >= 0.6 is 11.6 Å². The Morgan fingerprint density at radius 3 is 2.63 bits per heavy atom. The lowest BCUT2D eigenvalue weighted by molar-refractivity contribution is -0.126. The standard InChI is InChI=1S/C29H29ClFN7O4S/c1-5-24(39)36-11-12-37(17(4)15-36)27-18-13-19(30)26(25-20(31)7-6-8-21(25)32)34-28(18)38(29(40)35-27)22-14-33-10-9-23(22)43(41,42)16(2)3/h5-10,13-14,16-17H,1,11-12,15,32H2,2-4H3/t17-/m0/s1. The van der Waals surface area contributed by atoms with Gasteiger partial charge in [-0.25, -0.2) is 27.2 Å². The smallest absolute Gasteiger partial charge is 0.355 e. The van der Waals surface area contributed by atoms with Crippen LogP contribution < -0.4 is 16.3 Å². The van der Waals surface area contributed by atoms with Crippen molar-refractivity contribution in [3.63, 3.8) is 0 Å². The molecule has 2 N–H and O–H groups in total. The number of hydrogen-bond donors (Lipinski definition) is 1. The molecular weight excluding hydrogens is 597 g/mol. The highest BCUT2D eigenvalue weighted by Gasteiger charge is 2.31. The second-order valence-corrected chi connectivity index (χ2v) is 13.3. The van der Waals surface area contributed by atoms with Crippen molar-refractivity contribution in [3.05, 3.63) is 76.7 Å². The van der Waals surface area contributed by atoms with E-state index in [1.807, 2.05) is 11.8 Å². The Labute approximate surface area is 252 Å². The number of halogens is 2. The van der Waals surface area contributed by atoms with Crippen LogP contribution in [0.15, 0.2) is 65.1 Å². The summed E-state index contributed by atoms with van der Waals surface area (Å²) in [5.41, 5.74) is 5.14. The number of hydrogen-bond acceptors (Lipinski definition) is 9. The van der Waals surface area contributed by atoms with E-state index in [9.17, 15) is 18.0 Å². The first-order valence-electron chi connectivity index (χ1n) is 13.4. The van der Waals surface area contributed by atoms with Gasteiger partial charge in [0.2, 0.25) is 5.91 Å². The van der Waals surface area contributed by atoms with Gasteiger partial charge in [0, 0.05) is 37.6 Å². The van der Waals surface area contributed by atoms with E-state index in [1.54, 1.807) is 4.90 Å². The molecule has 0 saturated carbocycles. The number of fused-ring (bicyclic) bond motifs is 1. The van der Waals surface area contributed by atoms with Crippen molar-refractivity contribution < 1.29 is 17.6 Å². The van der Waals surface area contributed by atoms with Gasteiger partial charge >= 0.3 is 5.69 Å². The minimum atomic E-state index is -3.90. The number of nitrogen functional groups attached to an aromatic ring is 1. The molecule has 0 spiro atoms. The monoisotopic (exact) mass is 625 g/mol. The summed E-state index contributed by atoms with van der Waals surface area (Å²) in [6.45, 7) is 9.47. The quantitative estimate of drug-likeness (QED) is 0.251. The summed E-state index contributed by atoms with van der Waals surface area (Å²) >= 11 is 6.71. The zero-order valence-corrected chi connectivity index (χ0v) is 25.2. The van der Waals surface area contributed by atoms with Gasteiger partial charge < -0.3 is 15.5 Å². The number of nitrogens with zero attached hydrogens (tertiary/aromatic N) is 6. The van der Waals surface area contributed by atoms with Gasteiger partial charge in [-0.1, -0.05) is 24.2 Å². The molecule has 1 fully saturated rings. The number of nitrogens with two attached hydrogens (primary N) is 1. The second-order valence-electron chi connectivity index (χ2n) is 10.4. The van der Waals surface area contributed by atoms with Gasteiger partial charge in [-0.15, -0.1) is 0 Å². The van der Waals surface area contributed by atoms with Crippen LogP contribution in [-0.2, 0) is 14.6 Å². The Bertz CT molecular complexity index is 1930. The lowest BCUT2D eigenvalue weighted by Crippen LogP contribution is -2.54. The second kappa shape index (κ2) is 11.4. The van der Waals surface area contributed by atoms with Crippen LogP contribution in [0.5, 0.6) is 0 Å². The molecule has 3 aromatic heterocycles. The predicted octanol–water partition coefficient (Wildman–Crippen LogP) is 3.62. The van der Waals surface area contributed by atoms with Crippen molar-refractivity contribution in [2.24, 2.45) is 0 Å². The number of carbonyl (C=O) groups is 1. The number of rotatable bonds is 6. The van der Waals surface area contributed by atoms with Crippen molar-refractivity contribution >= 4 is 49.9 Å². The predicted molar refractivity (Wildman–Crippen MR) is 164 cm³/mol. The summed E-state index contributed by atoms with van der Waals surface area (Å²) in [7, 11) is -3.90. The summed E-state index contributed by atoms with van der Waals surface area (Å²) in [6, 6.07) is 6.67. The molecule has 1 amide bonds. The lowest BCUT2D eigenvalue weighted by atomic mass is 10.1. The molecule has 43 heavy (non-hydrogen) atoms. The van der Waals surface area contributed by atoms with Gasteiger partial charge in [0.15, 0.2) is 15.5 Å². The Morgan fingerprint density at radius 1 is 1.23 bits per heavy atom. The van der Waals surface area contributed by atoms with Crippen molar-refractivity contribution in [2.45, 2.75) is 37.0 Å². The Hall–Kier alpha value is -4.36. The van der Waals surface area contributed by atoms with Gasteiger partial charge in [-0.3, -0.25) is 9.78 Å². The third kappa shape index (κ3) is 5.23. The third-order valence-electron chi connectivity index (χ3n) is 7.40. The van der Waals surface area contributed by atoms with Gasteiger partial charge in [-0.05, 0) is 51.1 Å². The SMILES string of the molecule is C=CC(=O)N1CCN(c2nc(=O)n(-c3cnccc3S(=O)(=O)C(C)C)c3nc(-c4c(N)cccc4F)c(Cl)cc23)[C@@H](C)C1. The molecule has 0 bridgehead atoms. The lowest BCUT2D eigenvalue weighted by Gasteiger charge is -2.40. The van der Waals surface area contributed by atoms with Crippen LogP contribution in [0.4, 0.5) is 15.9 Å². The van der Waals surface area contributed by atoms with Crippen molar-refractivity contribution in [3.8, 4) is 16.9 Å². The van der Waals surface area contributed by atoms with E-state index in [4.69, 9.17) is 17.3 Å². The van der Waals surface area contributed by atoms with Gasteiger partial charge in [0.25, 0.3) is 0 Å². The highest BCUT2D eigenvalue weighted by atomic mass is 35.5. The minimum Gasteiger partial charge on any atom is -0.398 e. The fraction of sp³-hybridized carbons (Fsp3) is 0.276. The number of piperazine rings is 1. The van der Waals surface area contributed by atoms with Gasteiger partial charge in [-0.2, -0.15) is 4.98 Å². The van der Waals surface area contributed by atoms with E-state index in [0.717, 1.165) is 4.57 Å². The fourth-order valence-electron chi connectivity index (χ4n) is 5.14. The van der Waals surface area contributed by atoms with E-state index < -0.39 is 26.6 Å². The zero-order chi connectivity index (χ0) is 31.2. The average molecular weight is 626 g/mol. The molecule has 4 heterocycles. The molecule has 11 nitrogen and oxygen atoms in total. The summed E-state index contributed by atoms with van der Waals surface area (Å²) < 4.78 is 42.8. The maximum Gasteiger partial charge on any atom is 0.355 e. The van der Waals surface area contributed by atoms with Crippen LogP contribution in [0.3, 0.4) is 0 Å². The molecular formula is C29H29ClFN7O4S. The molecule has 4 aromatic rings. The molecule has 1 aliphatic rings. The van der Waals surface area contributed by atoms with Crippen molar-refractivity contribution in [1.82, 2.24) is 24.4 Å². The highest BCUT2D eigenvalue weighted by Crippen LogP contribution is 2.37. The first kappa shape index (κ1) is 30.1. The van der Waals surface area contributed by atoms with Crippen molar-refractivity contribution in [2.75, 3.05) is 30.3 Å². The molecule has 14 heteroatoms. The number of anilines is 2. The van der Waals surface area contributed by atoms with Gasteiger partial charge in [0.1, 0.15) is 11.6 Å². The Morgan fingerprint density at radius 2 is 1.98 bits per heavy atom. The molecule has 0 radical (unpaired) electrons. The molecule has 0 aliphatic carbocycles. The maximum atomic E-state index is 15.1. The molecule has 224 valence electrons. The molecule has 1 aliphatic heterocycles. The van der Waals surface area contributed by atoms with Crippen LogP contribution in [-0.4, -0.2) is 69.7 Å². The van der Waals surface area contributed by atoms with Crippen LogP contribution in [0, 0.1) is 5.82 Å². The minimum absolute atomic E-state index is 0.0259. The molecule has 1 atom stereocenters. The summed E-state index contributed by atoms with van der Waals surface area (Å²) in [5, 5.41) is -0.475. The zero-order valence-electron chi connectivity index (χ0n) is 23.7. The van der Waals surface area contributed by atoms with E-state index in [-0.39, 0.29) is 56.0 Å². The molecule has 1 saturated heterocycles. The largest absolute Gasteiger partial charge is 0.398 e. The topological polar surface area (TPSA) is 144 Å². The normalized spacial score (nSPS) is 15.7. The number of pyridine rings is 2. The summed E-state index contributed by atoms with van der Waals surface area (Å²) in [4.78, 5) is 42.6. The number of sulfone groups is 1. The van der Waals surface area contributed by atoms with E-state index in [1.165, 1.54) is 62.6 Å². The van der Waals surface area contributed by atoms with Crippen molar-refractivity contribution in [1.29, 1.82) is 0 Å². The third-order valence-corrected chi connectivity index (χ3v) is 9.89. The average Bonchev–Trinajstić information content (AvgIpc) is 2.96. The molecule has 1 aromatic carbocycles. The van der Waals surface area contributed by atoms with Crippen LogP contribution in [0.1, 0.15) is 20.8 Å². The highest BCUT2D eigenvalue weighted by molar-refractivity contribution is 7.92.